The van der Waals surface area contributed by atoms with Gasteiger partial charge >= 0.3 is 12.3 Å². The van der Waals surface area contributed by atoms with Gasteiger partial charge in [0, 0.05) is 37.3 Å². The van der Waals surface area contributed by atoms with Gasteiger partial charge in [-0.3, -0.25) is 4.79 Å². The Morgan fingerprint density at radius 3 is 2.34 bits per heavy atom. The van der Waals surface area contributed by atoms with Crippen LogP contribution in [0, 0.1) is 0 Å². The Kier molecular flexibility index (Phi) is 8.25. The van der Waals surface area contributed by atoms with Crippen LogP contribution < -0.4 is 10.6 Å². The van der Waals surface area contributed by atoms with Crippen molar-refractivity contribution in [2.24, 2.45) is 0 Å². The summed E-state index contributed by atoms with van der Waals surface area (Å²) in [5.41, 5.74) is 2.32. The van der Waals surface area contributed by atoms with Gasteiger partial charge in [-0.25, -0.2) is 14.8 Å². The topological polar surface area (TPSA) is 113 Å². The molecular formula is C30H31F3N4O4. The molecule has 1 saturated heterocycles. The molecule has 1 atom stereocenters. The van der Waals surface area contributed by atoms with Gasteiger partial charge in [0.2, 0.25) is 0 Å². The van der Waals surface area contributed by atoms with Crippen LogP contribution >= 0.6 is 0 Å². The molecule has 0 radical (unpaired) electrons. The van der Waals surface area contributed by atoms with Gasteiger partial charge in [-0.1, -0.05) is 30.3 Å². The van der Waals surface area contributed by atoms with Crippen LogP contribution in [0.4, 0.5) is 18.0 Å². The minimum atomic E-state index is -4.54. The van der Waals surface area contributed by atoms with Crippen molar-refractivity contribution < 1.29 is 32.6 Å². The van der Waals surface area contributed by atoms with Crippen LogP contribution in [-0.4, -0.2) is 40.3 Å². The van der Waals surface area contributed by atoms with Gasteiger partial charge in [-0.05, 0) is 73.1 Å². The minimum Gasteiger partial charge on any atom is -0.465 e. The number of nitrogens with zero attached hydrogens (tertiary/aromatic N) is 2. The normalized spacial score (nSPS) is 16.7. The van der Waals surface area contributed by atoms with E-state index in [-0.39, 0.29) is 23.9 Å². The van der Waals surface area contributed by atoms with Crippen molar-refractivity contribution in [3.8, 4) is 11.1 Å². The Morgan fingerprint density at radius 1 is 1.00 bits per heavy atom. The lowest BCUT2D eigenvalue weighted by Crippen LogP contribution is -2.28. The standard InChI is InChI=1S/C30H31F3N4O4/c1-17(35-28(38)26-15-25(20-6-7-20)36-27(37-26)21-10-12-41-13-11-21)18-2-4-19(5-3-18)24-14-23(30(31,32)33)9-8-22(24)16-34-29(39)40/h2-5,8-9,14-15,17,20-21,34H,6-7,10-13,16H2,1H3,(H,35,38)(H,39,40)/t17-/m1/s1. The highest BCUT2D eigenvalue weighted by atomic mass is 19.4. The van der Waals surface area contributed by atoms with Crippen LogP contribution in [0.25, 0.3) is 11.1 Å². The van der Waals surface area contributed by atoms with Gasteiger partial charge in [0.1, 0.15) is 11.5 Å². The van der Waals surface area contributed by atoms with Gasteiger partial charge in [0.15, 0.2) is 0 Å². The largest absolute Gasteiger partial charge is 0.465 e. The molecule has 2 aromatic carbocycles. The molecule has 216 valence electrons. The van der Waals surface area contributed by atoms with Crippen molar-refractivity contribution in [3.63, 3.8) is 0 Å². The van der Waals surface area contributed by atoms with Crippen LogP contribution in [0.3, 0.4) is 0 Å². The number of carbonyl (C=O) groups is 2. The lowest BCUT2D eigenvalue weighted by molar-refractivity contribution is -0.137. The molecule has 1 saturated carbocycles. The number of hydrogen-bond donors (Lipinski definition) is 3. The Balaban J connectivity index is 1.34. The summed E-state index contributed by atoms with van der Waals surface area (Å²) in [7, 11) is 0. The molecule has 0 unspecified atom stereocenters. The molecule has 1 aromatic heterocycles. The number of alkyl halides is 3. The van der Waals surface area contributed by atoms with Crippen LogP contribution in [0.2, 0.25) is 0 Å². The van der Waals surface area contributed by atoms with Gasteiger partial charge in [-0.15, -0.1) is 0 Å². The second kappa shape index (κ2) is 11.9. The van der Waals surface area contributed by atoms with Gasteiger partial charge < -0.3 is 20.5 Å². The summed E-state index contributed by atoms with van der Waals surface area (Å²) in [6.07, 6.45) is -2.08. The lowest BCUT2D eigenvalue weighted by Gasteiger charge is -2.22. The van der Waals surface area contributed by atoms with Crippen molar-refractivity contribution in [2.75, 3.05) is 13.2 Å². The molecule has 11 heteroatoms. The molecule has 8 nitrogen and oxygen atoms in total. The average molecular weight is 569 g/mol. The second-order valence-electron chi connectivity index (χ2n) is 10.5. The van der Waals surface area contributed by atoms with Crippen molar-refractivity contribution in [1.29, 1.82) is 0 Å². The van der Waals surface area contributed by atoms with Crippen LogP contribution in [-0.2, 0) is 17.5 Å². The van der Waals surface area contributed by atoms with E-state index in [0.717, 1.165) is 49.1 Å². The van der Waals surface area contributed by atoms with Crippen LogP contribution in [0.1, 0.15) is 89.2 Å². The summed E-state index contributed by atoms with van der Waals surface area (Å²) in [5, 5.41) is 14.2. The summed E-state index contributed by atoms with van der Waals surface area (Å²) in [4.78, 5) is 33.6. The highest BCUT2D eigenvalue weighted by Crippen LogP contribution is 2.40. The summed E-state index contributed by atoms with van der Waals surface area (Å²) in [6, 6.07) is 11.4. The lowest BCUT2D eigenvalue weighted by atomic mass is 9.95. The quantitative estimate of drug-likeness (QED) is 0.299. The van der Waals surface area contributed by atoms with Crippen molar-refractivity contribution >= 4 is 12.0 Å². The van der Waals surface area contributed by atoms with Crippen LogP contribution in [0.15, 0.2) is 48.5 Å². The molecule has 0 spiro atoms. The Hall–Kier alpha value is -3.99. The SMILES string of the molecule is C[C@@H](NC(=O)c1cc(C2CC2)nc(C2CCOCC2)n1)c1ccc(-c2cc(C(F)(F)F)ccc2CNC(=O)O)cc1. The molecule has 2 heterocycles. The molecule has 1 aliphatic carbocycles. The number of nitrogens with one attached hydrogen (secondary N) is 2. The first-order valence-electron chi connectivity index (χ1n) is 13.6. The zero-order chi connectivity index (χ0) is 29.1. The number of aromatic nitrogens is 2. The van der Waals surface area contributed by atoms with E-state index in [1.807, 2.05) is 6.92 Å². The minimum absolute atomic E-state index is 0.144. The number of carbonyl (C=O) groups excluding carboxylic acids is 1. The van der Waals surface area contributed by atoms with E-state index in [1.54, 1.807) is 30.3 Å². The maximum atomic E-state index is 13.4. The van der Waals surface area contributed by atoms with E-state index >= 15 is 0 Å². The van der Waals surface area contributed by atoms with Crippen molar-refractivity contribution in [1.82, 2.24) is 20.6 Å². The fourth-order valence-corrected chi connectivity index (χ4v) is 4.98. The van der Waals surface area contributed by atoms with E-state index in [0.29, 0.717) is 41.8 Å². The average Bonchev–Trinajstić information content (AvgIpc) is 3.82. The number of rotatable bonds is 8. The molecule has 5 rings (SSSR count). The molecule has 2 amide bonds. The molecule has 2 aliphatic rings. The third kappa shape index (κ3) is 7.02. The molecular weight excluding hydrogens is 537 g/mol. The van der Waals surface area contributed by atoms with E-state index in [2.05, 4.69) is 15.6 Å². The molecule has 2 fully saturated rings. The van der Waals surface area contributed by atoms with E-state index < -0.39 is 23.9 Å². The fourth-order valence-electron chi connectivity index (χ4n) is 4.98. The number of ether oxygens (including phenoxy) is 1. The Labute approximate surface area is 235 Å². The third-order valence-electron chi connectivity index (χ3n) is 7.51. The highest BCUT2D eigenvalue weighted by molar-refractivity contribution is 5.92. The molecule has 1 aliphatic heterocycles. The molecule has 0 bridgehead atoms. The van der Waals surface area contributed by atoms with Crippen molar-refractivity contribution in [3.05, 3.63) is 82.4 Å². The predicted octanol–water partition coefficient (Wildman–Crippen LogP) is 6.19. The molecule has 41 heavy (non-hydrogen) atoms. The van der Waals surface area contributed by atoms with E-state index in [9.17, 15) is 22.8 Å². The van der Waals surface area contributed by atoms with Crippen LogP contribution in [0.5, 0.6) is 0 Å². The summed E-state index contributed by atoms with van der Waals surface area (Å²) >= 11 is 0. The molecule has 3 N–H and O–H groups in total. The fraction of sp³-hybridized carbons (Fsp3) is 0.400. The first-order chi connectivity index (χ1) is 19.6. The zero-order valence-electron chi connectivity index (χ0n) is 22.5. The number of halogens is 3. The monoisotopic (exact) mass is 568 g/mol. The number of carboxylic acid groups (broad SMARTS) is 1. The maximum absolute atomic E-state index is 13.4. The number of amides is 2. The zero-order valence-corrected chi connectivity index (χ0v) is 22.5. The predicted molar refractivity (Wildman–Crippen MR) is 144 cm³/mol. The summed E-state index contributed by atoms with van der Waals surface area (Å²) < 4.78 is 45.7. The first kappa shape index (κ1) is 28.5. The smallest absolute Gasteiger partial charge is 0.416 e. The second-order valence-corrected chi connectivity index (χ2v) is 10.5. The molecule has 3 aromatic rings. The highest BCUT2D eigenvalue weighted by Gasteiger charge is 2.31. The number of benzene rings is 2. The first-order valence-corrected chi connectivity index (χ1v) is 13.6. The van der Waals surface area contributed by atoms with Gasteiger partial charge in [-0.2, -0.15) is 13.2 Å². The third-order valence-corrected chi connectivity index (χ3v) is 7.51. The Morgan fingerprint density at radius 2 is 1.71 bits per heavy atom. The van der Waals surface area contributed by atoms with E-state index in [1.165, 1.54) is 6.07 Å². The van der Waals surface area contributed by atoms with Crippen molar-refractivity contribution in [2.45, 2.75) is 63.2 Å². The summed E-state index contributed by atoms with van der Waals surface area (Å²) in [5.74, 6) is 0.887. The van der Waals surface area contributed by atoms with Gasteiger partial charge in [0.25, 0.3) is 5.91 Å². The summed E-state index contributed by atoms with van der Waals surface area (Å²) in [6.45, 7) is 2.97. The van der Waals surface area contributed by atoms with E-state index in [4.69, 9.17) is 14.8 Å². The van der Waals surface area contributed by atoms with Gasteiger partial charge in [0.05, 0.1) is 11.6 Å². The maximum Gasteiger partial charge on any atom is 0.416 e. The number of hydrogen-bond acceptors (Lipinski definition) is 5. The Bertz CT molecular complexity index is 1420.